The van der Waals surface area contributed by atoms with Gasteiger partial charge < -0.3 is 9.47 Å². The van der Waals surface area contributed by atoms with Crippen LogP contribution in [0.2, 0.25) is 10.0 Å². The fourth-order valence-electron chi connectivity index (χ4n) is 3.23. The maximum Gasteiger partial charge on any atom is 0.345 e. The highest BCUT2D eigenvalue weighted by Gasteiger charge is 2.35. The molecular weight excluding hydrogens is 516 g/mol. The van der Waals surface area contributed by atoms with E-state index in [0.717, 1.165) is 16.7 Å². The summed E-state index contributed by atoms with van der Waals surface area (Å²) < 4.78 is 23.9. The molecule has 6 nitrogen and oxygen atoms in total. The van der Waals surface area contributed by atoms with E-state index >= 15 is 0 Å². The third-order valence-electron chi connectivity index (χ3n) is 4.97. The molecule has 0 spiro atoms. The number of thioether (sulfide) groups is 1. The number of amides is 2. The Balaban J connectivity index is 1.52. The lowest BCUT2D eigenvalue weighted by Gasteiger charge is -2.12. The molecule has 0 atom stereocenters. The first kappa shape index (κ1) is 24.8. The predicted octanol–water partition coefficient (Wildman–Crippen LogP) is 6.60. The maximum absolute atomic E-state index is 13.1. The molecule has 3 aromatic carbocycles. The molecule has 0 radical (unpaired) electrons. The molecule has 4 rings (SSSR count). The normalized spacial score (nSPS) is 14.5. The van der Waals surface area contributed by atoms with Crippen LogP contribution in [0.15, 0.2) is 65.6 Å². The lowest BCUT2D eigenvalue weighted by atomic mass is 10.1. The summed E-state index contributed by atoms with van der Waals surface area (Å²) in [6.07, 6.45) is 1.54. The molecule has 0 unspecified atom stereocenters. The molecule has 0 N–H and O–H groups in total. The van der Waals surface area contributed by atoms with Crippen LogP contribution < -0.4 is 9.47 Å². The van der Waals surface area contributed by atoms with Crippen LogP contribution in [0.25, 0.3) is 6.08 Å². The molecule has 1 saturated heterocycles. The second kappa shape index (κ2) is 10.5. The summed E-state index contributed by atoms with van der Waals surface area (Å²) >= 11 is 12.7. The topological polar surface area (TPSA) is 72.9 Å². The maximum atomic E-state index is 13.1. The van der Waals surface area contributed by atoms with E-state index < -0.39 is 22.9 Å². The van der Waals surface area contributed by atoms with Gasteiger partial charge in [-0.1, -0.05) is 41.4 Å². The van der Waals surface area contributed by atoms with E-state index in [-0.39, 0.29) is 33.5 Å². The molecular formula is C25H16Cl2FNO5S. The van der Waals surface area contributed by atoms with Crippen LogP contribution in [0, 0.1) is 5.82 Å². The Morgan fingerprint density at radius 3 is 2.46 bits per heavy atom. The minimum Gasteiger partial charge on any atom is -0.493 e. The van der Waals surface area contributed by atoms with Gasteiger partial charge in [0.25, 0.3) is 11.1 Å². The van der Waals surface area contributed by atoms with Crippen LogP contribution in [0.1, 0.15) is 21.5 Å². The number of ether oxygens (including phenoxy) is 2. The highest BCUT2D eigenvalue weighted by Crippen LogP contribution is 2.35. The first-order chi connectivity index (χ1) is 16.7. The van der Waals surface area contributed by atoms with Crippen LogP contribution in [0.4, 0.5) is 9.18 Å². The molecule has 1 aliphatic heterocycles. The van der Waals surface area contributed by atoms with Gasteiger partial charge in [-0.15, -0.1) is 0 Å². The summed E-state index contributed by atoms with van der Waals surface area (Å²) in [5.74, 6) is -1.18. The molecule has 35 heavy (non-hydrogen) atoms. The van der Waals surface area contributed by atoms with Crippen LogP contribution in [-0.4, -0.2) is 29.1 Å². The molecule has 10 heteroatoms. The van der Waals surface area contributed by atoms with Gasteiger partial charge in [0, 0.05) is 5.02 Å². The third-order valence-corrected chi connectivity index (χ3v) is 6.42. The molecule has 0 bridgehead atoms. The number of hydrogen-bond acceptors (Lipinski definition) is 6. The Kier molecular flexibility index (Phi) is 7.45. The Morgan fingerprint density at radius 1 is 1.03 bits per heavy atom. The van der Waals surface area contributed by atoms with Crippen LogP contribution in [0.5, 0.6) is 11.5 Å². The van der Waals surface area contributed by atoms with Crippen molar-refractivity contribution < 1.29 is 28.2 Å². The SMILES string of the molecule is COc1cc(/C=C2\SC(=O)N(Cc3ccc(F)cc3)C2=O)ccc1OC(=O)c1ccc(Cl)cc1Cl. The van der Waals surface area contributed by atoms with Crippen molar-refractivity contribution in [2.45, 2.75) is 6.54 Å². The van der Waals surface area contributed by atoms with Gasteiger partial charge in [-0.05, 0) is 71.4 Å². The summed E-state index contributed by atoms with van der Waals surface area (Å²) in [7, 11) is 1.41. The summed E-state index contributed by atoms with van der Waals surface area (Å²) in [4.78, 5) is 39.0. The van der Waals surface area contributed by atoms with Gasteiger partial charge in [0.2, 0.25) is 0 Å². The Labute approximate surface area is 214 Å². The van der Waals surface area contributed by atoms with Crippen LogP contribution >= 0.6 is 35.0 Å². The summed E-state index contributed by atoms with van der Waals surface area (Å²) in [5, 5.41) is 0.105. The van der Waals surface area contributed by atoms with Crippen molar-refractivity contribution in [1.82, 2.24) is 4.90 Å². The lowest BCUT2D eigenvalue weighted by molar-refractivity contribution is -0.123. The minimum atomic E-state index is -0.695. The third kappa shape index (κ3) is 5.67. The second-order valence-electron chi connectivity index (χ2n) is 7.32. The van der Waals surface area contributed by atoms with Gasteiger partial charge >= 0.3 is 5.97 Å². The molecule has 178 valence electrons. The quantitative estimate of drug-likeness (QED) is 0.203. The summed E-state index contributed by atoms with van der Waals surface area (Å²) in [6.45, 7) is 0.0355. The molecule has 1 heterocycles. The standard InChI is InChI=1S/C25H16Cl2FNO5S/c1-33-21-10-15(4-9-20(21)34-24(31)18-8-5-16(26)12-19(18)27)11-22-23(30)29(25(32)35-22)13-14-2-6-17(28)7-3-14/h2-12H,13H2,1H3/b22-11-. The number of carbonyl (C=O) groups excluding carboxylic acids is 3. The van der Waals surface area contributed by atoms with E-state index in [1.165, 1.54) is 55.6 Å². The zero-order valence-electron chi connectivity index (χ0n) is 18.1. The first-order valence-corrected chi connectivity index (χ1v) is 11.7. The van der Waals surface area contributed by atoms with E-state index in [4.69, 9.17) is 32.7 Å². The zero-order valence-corrected chi connectivity index (χ0v) is 20.4. The number of rotatable bonds is 6. The number of hydrogen-bond donors (Lipinski definition) is 0. The second-order valence-corrected chi connectivity index (χ2v) is 9.16. The predicted molar refractivity (Wildman–Crippen MR) is 132 cm³/mol. The Morgan fingerprint density at radius 2 is 1.77 bits per heavy atom. The fourth-order valence-corrected chi connectivity index (χ4v) is 4.55. The number of halogens is 3. The van der Waals surface area contributed by atoms with Gasteiger partial charge in [-0.25, -0.2) is 9.18 Å². The Hall–Kier alpha value is -3.33. The van der Waals surface area contributed by atoms with Crippen molar-refractivity contribution in [1.29, 1.82) is 0 Å². The van der Waals surface area contributed by atoms with E-state index in [1.807, 2.05) is 0 Å². The molecule has 0 aromatic heterocycles. The molecule has 0 saturated carbocycles. The highest BCUT2D eigenvalue weighted by atomic mass is 35.5. The van der Waals surface area contributed by atoms with E-state index in [1.54, 1.807) is 18.2 Å². The molecule has 0 aliphatic carbocycles. The van der Waals surface area contributed by atoms with Crippen molar-refractivity contribution >= 4 is 58.2 Å². The van der Waals surface area contributed by atoms with Crippen molar-refractivity contribution in [2.24, 2.45) is 0 Å². The zero-order chi connectivity index (χ0) is 25.1. The van der Waals surface area contributed by atoms with Gasteiger partial charge in [0.1, 0.15) is 5.82 Å². The first-order valence-electron chi connectivity index (χ1n) is 10.1. The highest BCUT2D eigenvalue weighted by molar-refractivity contribution is 8.18. The number of nitrogens with zero attached hydrogens (tertiary/aromatic N) is 1. The summed E-state index contributed by atoms with van der Waals surface area (Å²) in [6, 6.07) is 14.7. The number of esters is 1. The Bertz CT molecular complexity index is 1360. The van der Waals surface area contributed by atoms with Gasteiger partial charge in [0.05, 0.1) is 29.1 Å². The fraction of sp³-hybridized carbons (Fsp3) is 0.0800. The molecule has 1 aliphatic rings. The number of benzene rings is 3. The van der Waals surface area contributed by atoms with E-state index in [0.29, 0.717) is 16.1 Å². The number of carbonyl (C=O) groups is 3. The molecule has 2 amide bonds. The van der Waals surface area contributed by atoms with Crippen molar-refractivity contribution in [2.75, 3.05) is 7.11 Å². The van der Waals surface area contributed by atoms with E-state index in [9.17, 15) is 18.8 Å². The smallest absolute Gasteiger partial charge is 0.345 e. The van der Waals surface area contributed by atoms with Gasteiger partial charge in [0.15, 0.2) is 11.5 Å². The molecule has 1 fully saturated rings. The average Bonchev–Trinajstić information content (AvgIpc) is 3.08. The van der Waals surface area contributed by atoms with Gasteiger partial charge in [-0.2, -0.15) is 0 Å². The lowest BCUT2D eigenvalue weighted by Crippen LogP contribution is -2.27. The largest absolute Gasteiger partial charge is 0.493 e. The number of methoxy groups -OCH3 is 1. The molecule has 3 aromatic rings. The van der Waals surface area contributed by atoms with Crippen molar-refractivity contribution in [3.05, 3.63) is 98.1 Å². The summed E-state index contributed by atoms with van der Waals surface area (Å²) in [5.41, 5.74) is 1.32. The monoisotopic (exact) mass is 531 g/mol. The van der Waals surface area contributed by atoms with Crippen molar-refractivity contribution in [3.8, 4) is 11.5 Å². The van der Waals surface area contributed by atoms with E-state index in [2.05, 4.69) is 0 Å². The van der Waals surface area contributed by atoms with Crippen molar-refractivity contribution in [3.63, 3.8) is 0 Å². The van der Waals surface area contributed by atoms with Crippen LogP contribution in [-0.2, 0) is 11.3 Å². The average molecular weight is 532 g/mol. The number of imide groups is 1. The minimum absolute atomic E-state index is 0.0355. The van der Waals surface area contributed by atoms with Crippen LogP contribution in [0.3, 0.4) is 0 Å². The van der Waals surface area contributed by atoms with Gasteiger partial charge in [-0.3, -0.25) is 14.5 Å².